The molecule has 2 aliphatic rings. The number of alkyl halides is 9. The lowest BCUT2D eigenvalue weighted by molar-refractivity contribution is -0.193. The zero-order valence-electron chi connectivity index (χ0n) is 22.0. The Balaban J connectivity index is 0.000000379. The highest BCUT2D eigenvalue weighted by molar-refractivity contribution is 5.94. The van der Waals surface area contributed by atoms with Crippen LogP contribution in [0.1, 0.15) is 22.3 Å². The van der Waals surface area contributed by atoms with E-state index in [1.807, 2.05) is 29.4 Å². The van der Waals surface area contributed by atoms with Gasteiger partial charge in [-0.1, -0.05) is 0 Å². The summed E-state index contributed by atoms with van der Waals surface area (Å²) in [4.78, 5) is 51.7. The van der Waals surface area contributed by atoms with Crippen LogP contribution in [0.25, 0.3) is 0 Å². The molecule has 1 spiro atoms. The van der Waals surface area contributed by atoms with Crippen molar-refractivity contribution in [3.8, 4) is 0 Å². The molecule has 2 fully saturated rings. The number of rotatable bonds is 3. The summed E-state index contributed by atoms with van der Waals surface area (Å²) in [5.41, 5.74) is 2.29. The maximum Gasteiger partial charge on any atom is 0.490 e. The van der Waals surface area contributed by atoms with E-state index in [1.54, 1.807) is 12.4 Å². The van der Waals surface area contributed by atoms with E-state index in [0.717, 1.165) is 39.1 Å². The number of carbonyl (C=O) groups excluding carboxylic acids is 1. The maximum absolute atomic E-state index is 12.5. The van der Waals surface area contributed by atoms with Crippen LogP contribution in [0.2, 0.25) is 0 Å². The molecule has 11 nitrogen and oxygen atoms in total. The molecule has 2 aromatic heterocycles. The van der Waals surface area contributed by atoms with Gasteiger partial charge in [0.25, 0.3) is 5.91 Å². The molecule has 20 heteroatoms. The SMILES string of the molecule is O=C(O)C(F)(F)F.O=C(O)C(F)(F)F.O=C(O)C(F)(F)F.O=C(c1cccnc1)N1CCC2(CN(Cc3ccncc3)C2)C1. The fourth-order valence-electron chi connectivity index (χ4n) is 3.80. The molecule has 1 amide bonds. The van der Waals surface area contributed by atoms with Crippen LogP contribution in [0.5, 0.6) is 0 Å². The van der Waals surface area contributed by atoms with Crippen LogP contribution in [0.3, 0.4) is 0 Å². The molecule has 44 heavy (non-hydrogen) atoms. The predicted octanol–water partition coefficient (Wildman–Crippen LogP) is 3.72. The van der Waals surface area contributed by atoms with Crippen LogP contribution in [-0.2, 0) is 20.9 Å². The van der Waals surface area contributed by atoms with Gasteiger partial charge in [-0.05, 0) is 36.2 Å². The van der Waals surface area contributed by atoms with E-state index in [2.05, 4.69) is 27.0 Å². The van der Waals surface area contributed by atoms with E-state index in [9.17, 15) is 44.3 Å². The molecule has 0 saturated carbocycles. The Labute approximate surface area is 241 Å². The first kappa shape index (κ1) is 37.5. The molecule has 0 bridgehead atoms. The van der Waals surface area contributed by atoms with Gasteiger partial charge in [0.15, 0.2) is 0 Å². The van der Waals surface area contributed by atoms with Crippen molar-refractivity contribution < 1.29 is 74.0 Å². The topological polar surface area (TPSA) is 161 Å². The molecule has 2 aliphatic heterocycles. The van der Waals surface area contributed by atoms with Crippen molar-refractivity contribution in [3.63, 3.8) is 0 Å². The number of aromatic nitrogens is 2. The summed E-state index contributed by atoms with van der Waals surface area (Å²) in [6.07, 6.45) is -7.11. The second-order valence-electron chi connectivity index (χ2n) is 9.13. The lowest BCUT2D eigenvalue weighted by Crippen LogP contribution is -2.57. The third-order valence-corrected chi connectivity index (χ3v) is 5.64. The van der Waals surface area contributed by atoms with E-state index in [-0.39, 0.29) is 5.91 Å². The molecule has 3 N–H and O–H groups in total. The van der Waals surface area contributed by atoms with Crippen LogP contribution in [-0.4, -0.2) is 104 Å². The summed E-state index contributed by atoms with van der Waals surface area (Å²) in [6, 6.07) is 7.80. The van der Waals surface area contributed by atoms with Crippen molar-refractivity contribution >= 4 is 23.8 Å². The standard InChI is InChI=1S/C18H20N4O.3C2HF3O2/c23-17(16-2-1-6-20-10-16)22-9-5-18(14-22)12-21(13-18)11-15-3-7-19-8-4-15;3*3-2(4,5)1(6)7/h1-4,6-8,10H,5,9,11-14H2;3*(H,6,7). The van der Waals surface area contributed by atoms with Gasteiger partial charge < -0.3 is 20.2 Å². The number of likely N-dealkylation sites (tertiary alicyclic amines) is 2. The fourth-order valence-corrected chi connectivity index (χ4v) is 3.80. The number of hydrogen-bond donors (Lipinski definition) is 3. The highest BCUT2D eigenvalue weighted by atomic mass is 19.4. The molecule has 0 aromatic carbocycles. The van der Waals surface area contributed by atoms with Crippen molar-refractivity contribution in [1.82, 2.24) is 19.8 Å². The van der Waals surface area contributed by atoms with Crippen molar-refractivity contribution in [2.24, 2.45) is 5.41 Å². The molecule has 0 aliphatic carbocycles. The molecule has 2 aromatic rings. The normalized spacial score (nSPS) is 15.7. The highest BCUT2D eigenvalue weighted by Crippen LogP contribution is 2.40. The van der Waals surface area contributed by atoms with E-state index >= 15 is 0 Å². The van der Waals surface area contributed by atoms with Crippen LogP contribution < -0.4 is 0 Å². The number of hydrogen-bond acceptors (Lipinski definition) is 7. The number of halogens is 9. The van der Waals surface area contributed by atoms with E-state index in [1.165, 1.54) is 5.56 Å². The average Bonchev–Trinajstić information content (AvgIpc) is 3.34. The third-order valence-electron chi connectivity index (χ3n) is 5.64. The quantitative estimate of drug-likeness (QED) is 0.418. The predicted molar refractivity (Wildman–Crippen MR) is 128 cm³/mol. The van der Waals surface area contributed by atoms with E-state index in [0.29, 0.717) is 11.0 Å². The van der Waals surface area contributed by atoms with Crippen LogP contribution in [0.4, 0.5) is 39.5 Å². The molecule has 2 saturated heterocycles. The lowest BCUT2D eigenvalue weighted by atomic mass is 9.79. The van der Waals surface area contributed by atoms with Crippen LogP contribution in [0.15, 0.2) is 49.1 Å². The summed E-state index contributed by atoms with van der Waals surface area (Å²) < 4.78 is 95.2. The monoisotopic (exact) mass is 650 g/mol. The minimum absolute atomic E-state index is 0.113. The summed E-state index contributed by atoms with van der Waals surface area (Å²) in [5.74, 6) is -8.16. The molecular weight excluding hydrogens is 627 g/mol. The first-order valence-corrected chi connectivity index (χ1v) is 11.8. The molecule has 4 heterocycles. The number of carboxylic acid groups (broad SMARTS) is 3. The third kappa shape index (κ3) is 12.8. The summed E-state index contributed by atoms with van der Waals surface area (Å²) in [7, 11) is 0. The minimum Gasteiger partial charge on any atom is -0.475 e. The molecule has 0 unspecified atom stereocenters. The van der Waals surface area contributed by atoms with Gasteiger partial charge >= 0.3 is 36.4 Å². The Morgan fingerprint density at radius 2 is 1.18 bits per heavy atom. The lowest BCUT2D eigenvalue weighted by Gasteiger charge is -2.48. The molecule has 0 atom stereocenters. The summed E-state index contributed by atoms with van der Waals surface area (Å²) >= 11 is 0. The van der Waals surface area contributed by atoms with Gasteiger partial charge in [-0.2, -0.15) is 39.5 Å². The van der Waals surface area contributed by atoms with Crippen LogP contribution in [0, 0.1) is 5.41 Å². The Hall–Kier alpha value is -4.49. The second-order valence-corrected chi connectivity index (χ2v) is 9.13. The maximum atomic E-state index is 12.5. The number of aliphatic carboxylic acids is 3. The first-order chi connectivity index (χ1) is 20.1. The fraction of sp³-hybridized carbons (Fsp3) is 0.417. The molecule has 4 rings (SSSR count). The Kier molecular flexibility index (Phi) is 13.1. The van der Waals surface area contributed by atoms with Gasteiger partial charge in [-0.25, -0.2) is 14.4 Å². The van der Waals surface area contributed by atoms with Crippen LogP contribution >= 0.6 is 0 Å². The van der Waals surface area contributed by atoms with Gasteiger partial charge in [0.05, 0.1) is 5.56 Å². The molecule has 0 radical (unpaired) electrons. The van der Waals surface area contributed by atoms with Gasteiger partial charge in [-0.15, -0.1) is 0 Å². The van der Waals surface area contributed by atoms with Crippen molar-refractivity contribution in [3.05, 3.63) is 60.2 Å². The van der Waals surface area contributed by atoms with E-state index in [4.69, 9.17) is 29.7 Å². The second kappa shape index (κ2) is 15.3. The Bertz CT molecular complexity index is 1200. The van der Waals surface area contributed by atoms with E-state index < -0.39 is 36.4 Å². The van der Waals surface area contributed by atoms with Gasteiger partial charge in [0, 0.05) is 62.9 Å². The minimum atomic E-state index is -5.08. The average molecular weight is 650 g/mol. The van der Waals surface area contributed by atoms with Gasteiger partial charge in [0.2, 0.25) is 0 Å². The first-order valence-electron chi connectivity index (χ1n) is 11.8. The summed E-state index contributed by atoms with van der Waals surface area (Å²) in [6.45, 7) is 4.85. The molecule has 244 valence electrons. The number of carboxylic acids is 3. The Morgan fingerprint density at radius 3 is 1.57 bits per heavy atom. The van der Waals surface area contributed by atoms with Gasteiger partial charge in [0.1, 0.15) is 0 Å². The van der Waals surface area contributed by atoms with Gasteiger partial charge in [-0.3, -0.25) is 19.7 Å². The summed E-state index contributed by atoms with van der Waals surface area (Å²) in [5, 5.41) is 21.4. The number of pyridine rings is 2. The molecular formula is C24H23F9N4O7. The number of carbonyl (C=O) groups is 4. The van der Waals surface area contributed by atoms with Crippen molar-refractivity contribution in [2.45, 2.75) is 31.5 Å². The number of amides is 1. The number of nitrogens with zero attached hydrogens (tertiary/aromatic N) is 4. The van der Waals surface area contributed by atoms with Crippen molar-refractivity contribution in [2.75, 3.05) is 26.2 Å². The smallest absolute Gasteiger partial charge is 0.475 e. The highest BCUT2D eigenvalue weighted by Gasteiger charge is 2.48. The Morgan fingerprint density at radius 1 is 0.727 bits per heavy atom. The largest absolute Gasteiger partial charge is 0.490 e. The van der Waals surface area contributed by atoms with Crippen molar-refractivity contribution in [1.29, 1.82) is 0 Å². The zero-order valence-corrected chi connectivity index (χ0v) is 22.0. The zero-order chi connectivity index (χ0) is 33.9.